The zero-order valence-corrected chi connectivity index (χ0v) is 7.43. The molecule has 0 atom stereocenters. The summed E-state index contributed by atoms with van der Waals surface area (Å²) in [5.41, 5.74) is -2.00. The average molecular weight is 223 g/mol. The monoisotopic (exact) mass is 223 g/mol. The van der Waals surface area contributed by atoms with Crippen LogP contribution in [0.4, 0.5) is 17.6 Å². The Morgan fingerprint density at radius 3 is 2.47 bits per heavy atom. The number of methoxy groups -OCH3 is 1. The number of halogens is 4. The van der Waals surface area contributed by atoms with E-state index >= 15 is 0 Å². The summed E-state index contributed by atoms with van der Waals surface area (Å²) in [5.74, 6) is -2.44. The highest BCUT2D eigenvalue weighted by Gasteiger charge is 2.34. The van der Waals surface area contributed by atoms with E-state index in [1.807, 2.05) is 0 Å². The van der Waals surface area contributed by atoms with Gasteiger partial charge in [-0.1, -0.05) is 0 Å². The van der Waals surface area contributed by atoms with Crippen molar-refractivity contribution in [2.75, 3.05) is 7.11 Å². The number of pyridine rings is 1. The highest BCUT2D eigenvalue weighted by atomic mass is 19.4. The smallest absolute Gasteiger partial charge is 0.433 e. The second kappa shape index (κ2) is 3.84. The van der Waals surface area contributed by atoms with E-state index in [0.29, 0.717) is 12.1 Å². The van der Waals surface area contributed by atoms with Crippen LogP contribution in [0.3, 0.4) is 0 Å². The zero-order chi connectivity index (χ0) is 11.6. The maximum atomic E-state index is 12.6. The van der Waals surface area contributed by atoms with Gasteiger partial charge in [0.05, 0.1) is 12.7 Å². The van der Waals surface area contributed by atoms with E-state index in [-0.39, 0.29) is 0 Å². The van der Waals surface area contributed by atoms with Gasteiger partial charge in [-0.3, -0.25) is 0 Å². The fraction of sp³-hybridized carbons (Fsp3) is 0.250. The van der Waals surface area contributed by atoms with Crippen molar-refractivity contribution >= 4 is 5.97 Å². The molecule has 0 spiro atoms. The molecule has 0 aromatic carbocycles. The number of ether oxygens (including phenoxy) is 1. The molecule has 0 unspecified atom stereocenters. The molecule has 7 heteroatoms. The Balaban J connectivity index is 3.23. The van der Waals surface area contributed by atoms with Gasteiger partial charge < -0.3 is 4.74 Å². The molecule has 82 valence electrons. The van der Waals surface area contributed by atoms with Gasteiger partial charge >= 0.3 is 12.1 Å². The molecule has 0 saturated carbocycles. The van der Waals surface area contributed by atoms with Crippen LogP contribution in [0.15, 0.2) is 12.1 Å². The van der Waals surface area contributed by atoms with Crippen LogP contribution in [0.2, 0.25) is 0 Å². The van der Waals surface area contributed by atoms with Crippen LogP contribution in [-0.2, 0) is 10.9 Å². The van der Waals surface area contributed by atoms with Crippen molar-refractivity contribution < 1.29 is 27.1 Å². The molecule has 0 aliphatic heterocycles. The fourth-order valence-electron chi connectivity index (χ4n) is 0.878. The van der Waals surface area contributed by atoms with E-state index in [2.05, 4.69) is 9.72 Å². The van der Waals surface area contributed by atoms with E-state index in [9.17, 15) is 22.4 Å². The van der Waals surface area contributed by atoms with Crippen LogP contribution in [0.5, 0.6) is 0 Å². The molecule has 1 aromatic heterocycles. The standard InChI is InChI=1S/C8H5F4NO2/c1-15-7(14)4-2-5(8(10,11)12)13-6(9)3-4/h2-3H,1H3. The molecule has 1 heterocycles. The lowest BCUT2D eigenvalue weighted by atomic mass is 10.2. The van der Waals surface area contributed by atoms with Crippen LogP contribution in [-0.4, -0.2) is 18.1 Å². The minimum atomic E-state index is -4.80. The number of aromatic nitrogens is 1. The Morgan fingerprint density at radius 2 is 2.00 bits per heavy atom. The molecule has 0 N–H and O–H groups in total. The van der Waals surface area contributed by atoms with E-state index < -0.39 is 29.4 Å². The van der Waals surface area contributed by atoms with Crippen molar-refractivity contribution in [3.8, 4) is 0 Å². The number of esters is 1. The van der Waals surface area contributed by atoms with Crippen LogP contribution in [0.25, 0.3) is 0 Å². The highest BCUT2D eigenvalue weighted by Crippen LogP contribution is 2.28. The quantitative estimate of drug-likeness (QED) is 0.415. The van der Waals surface area contributed by atoms with Crippen molar-refractivity contribution in [1.82, 2.24) is 4.98 Å². The molecule has 1 rings (SSSR count). The number of hydrogen-bond donors (Lipinski definition) is 0. The highest BCUT2D eigenvalue weighted by molar-refractivity contribution is 5.89. The van der Waals surface area contributed by atoms with Crippen LogP contribution in [0, 0.1) is 5.95 Å². The Morgan fingerprint density at radius 1 is 1.40 bits per heavy atom. The van der Waals surface area contributed by atoms with Crippen molar-refractivity contribution in [2.45, 2.75) is 6.18 Å². The summed E-state index contributed by atoms with van der Waals surface area (Å²) < 4.78 is 53.2. The SMILES string of the molecule is COC(=O)c1cc(F)nc(C(F)(F)F)c1. The molecule has 0 bridgehead atoms. The number of nitrogens with zero attached hydrogens (tertiary/aromatic N) is 1. The minimum absolute atomic E-state index is 0.426. The summed E-state index contributed by atoms with van der Waals surface area (Å²) >= 11 is 0. The third-order valence-electron chi connectivity index (χ3n) is 1.51. The van der Waals surface area contributed by atoms with Gasteiger partial charge in [0.1, 0.15) is 5.69 Å². The maximum Gasteiger partial charge on any atom is 0.433 e. The number of carbonyl (C=O) groups excluding carboxylic acids is 1. The normalized spacial score (nSPS) is 11.3. The number of rotatable bonds is 1. The molecule has 15 heavy (non-hydrogen) atoms. The lowest BCUT2D eigenvalue weighted by Crippen LogP contribution is -2.12. The fourth-order valence-corrected chi connectivity index (χ4v) is 0.878. The van der Waals surface area contributed by atoms with Gasteiger partial charge in [-0.15, -0.1) is 0 Å². The molecule has 0 aliphatic rings. The molecule has 0 aliphatic carbocycles. The molecule has 0 saturated heterocycles. The van der Waals surface area contributed by atoms with E-state index in [4.69, 9.17) is 0 Å². The predicted octanol–water partition coefficient (Wildman–Crippen LogP) is 2.03. The van der Waals surface area contributed by atoms with Gasteiger partial charge in [-0.05, 0) is 6.07 Å². The second-order valence-electron chi connectivity index (χ2n) is 2.55. The lowest BCUT2D eigenvalue weighted by molar-refractivity contribution is -0.141. The molecular weight excluding hydrogens is 218 g/mol. The topological polar surface area (TPSA) is 39.2 Å². The Kier molecular flexibility index (Phi) is 2.92. The van der Waals surface area contributed by atoms with Crippen molar-refractivity contribution in [3.05, 3.63) is 29.3 Å². The summed E-state index contributed by atoms with van der Waals surface area (Å²) in [7, 11) is 0.980. The van der Waals surface area contributed by atoms with E-state index in [1.165, 1.54) is 0 Å². The third kappa shape index (κ3) is 2.64. The Hall–Kier alpha value is -1.66. The van der Waals surface area contributed by atoms with Gasteiger partial charge in [0.15, 0.2) is 0 Å². The first-order valence-electron chi connectivity index (χ1n) is 3.67. The number of alkyl halides is 3. The summed E-state index contributed by atoms with van der Waals surface area (Å²) in [5, 5.41) is 0. The van der Waals surface area contributed by atoms with Crippen molar-refractivity contribution in [1.29, 1.82) is 0 Å². The third-order valence-corrected chi connectivity index (χ3v) is 1.51. The Bertz CT molecular complexity index is 389. The van der Waals surface area contributed by atoms with Crippen molar-refractivity contribution in [2.24, 2.45) is 0 Å². The first-order valence-corrected chi connectivity index (χ1v) is 3.67. The number of hydrogen-bond acceptors (Lipinski definition) is 3. The van der Waals surface area contributed by atoms with Crippen LogP contribution >= 0.6 is 0 Å². The van der Waals surface area contributed by atoms with Gasteiger partial charge in [-0.2, -0.15) is 17.6 Å². The molecule has 1 aromatic rings. The van der Waals surface area contributed by atoms with Crippen LogP contribution < -0.4 is 0 Å². The predicted molar refractivity (Wildman–Crippen MR) is 40.5 cm³/mol. The first kappa shape index (κ1) is 11.4. The largest absolute Gasteiger partial charge is 0.465 e. The van der Waals surface area contributed by atoms with E-state index in [0.717, 1.165) is 7.11 Å². The summed E-state index contributed by atoms with van der Waals surface area (Å²) in [6, 6.07) is 0.996. The molecule has 0 radical (unpaired) electrons. The Labute approximate surface area is 81.7 Å². The summed E-state index contributed by atoms with van der Waals surface area (Å²) in [6.45, 7) is 0. The van der Waals surface area contributed by atoms with Crippen LogP contribution in [0.1, 0.15) is 16.1 Å². The van der Waals surface area contributed by atoms with E-state index in [1.54, 1.807) is 0 Å². The van der Waals surface area contributed by atoms with Gasteiger partial charge in [0.2, 0.25) is 5.95 Å². The van der Waals surface area contributed by atoms with Gasteiger partial charge in [0.25, 0.3) is 0 Å². The zero-order valence-electron chi connectivity index (χ0n) is 7.43. The maximum absolute atomic E-state index is 12.6. The van der Waals surface area contributed by atoms with Gasteiger partial charge in [0, 0.05) is 6.07 Å². The average Bonchev–Trinajstić information content (AvgIpc) is 2.14. The summed E-state index contributed by atoms with van der Waals surface area (Å²) in [6.07, 6.45) is -4.80. The van der Waals surface area contributed by atoms with Gasteiger partial charge in [-0.25, -0.2) is 9.78 Å². The molecule has 3 nitrogen and oxygen atoms in total. The number of carbonyl (C=O) groups is 1. The molecule has 0 fully saturated rings. The molecular formula is C8H5F4NO2. The molecule has 0 amide bonds. The van der Waals surface area contributed by atoms with Crippen molar-refractivity contribution in [3.63, 3.8) is 0 Å². The lowest BCUT2D eigenvalue weighted by Gasteiger charge is -2.06. The summed E-state index contributed by atoms with van der Waals surface area (Å²) in [4.78, 5) is 13.5. The second-order valence-corrected chi connectivity index (χ2v) is 2.55. The minimum Gasteiger partial charge on any atom is -0.465 e. The first-order chi connectivity index (χ1) is 6.84.